The van der Waals surface area contributed by atoms with E-state index in [-0.39, 0.29) is 25.2 Å². The second-order valence-electron chi connectivity index (χ2n) is 9.51. The zero-order valence-corrected chi connectivity index (χ0v) is 22.8. The van der Waals surface area contributed by atoms with Gasteiger partial charge >= 0.3 is 5.97 Å². The lowest BCUT2D eigenvalue weighted by Crippen LogP contribution is -2.58. The fourth-order valence-electron chi connectivity index (χ4n) is 3.78. The van der Waals surface area contributed by atoms with Gasteiger partial charge in [-0.1, -0.05) is 44.2 Å². The van der Waals surface area contributed by atoms with Gasteiger partial charge < -0.3 is 31.8 Å². The average molecular weight is 547 g/mol. The monoisotopic (exact) mass is 546 g/mol. The minimum Gasteiger partial charge on any atom is -0.480 e. The fourth-order valence-corrected chi connectivity index (χ4v) is 4.27. The van der Waals surface area contributed by atoms with Crippen LogP contribution in [0.5, 0.6) is 0 Å². The summed E-state index contributed by atoms with van der Waals surface area (Å²) in [6.45, 7) is 3.78. The minimum atomic E-state index is -1.18. The second-order valence-corrected chi connectivity index (χ2v) is 10.5. The van der Waals surface area contributed by atoms with Crippen LogP contribution in [0.15, 0.2) is 42.9 Å². The molecule has 0 aliphatic carbocycles. The third-order valence-electron chi connectivity index (χ3n) is 5.82. The molecular formula is C26H38N6O5S. The number of imidazole rings is 1. The van der Waals surface area contributed by atoms with Crippen molar-refractivity contribution in [2.24, 2.45) is 11.7 Å². The molecule has 1 heterocycles. The first kappa shape index (κ1) is 30.8. The van der Waals surface area contributed by atoms with Gasteiger partial charge in [-0.25, -0.2) is 9.78 Å². The predicted molar refractivity (Wildman–Crippen MR) is 146 cm³/mol. The molecular weight excluding hydrogens is 508 g/mol. The SMILES string of the molecule is CSCCC(N)C(=O)NC(Cc1cnc[nH]1)C(=O)NC(CC(C)C)C(=O)NC(Cc1ccccc1)C(=O)O. The molecule has 2 rings (SSSR count). The number of hydrogen-bond acceptors (Lipinski definition) is 7. The third-order valence-corrected chi connectivity index (χ3v) is 6.46. The first-order valence-electron chi connectivity index (χ1n) is 12.5. The molecule has 1 aromatic carbocycles. The van der Waals surface area contributed by atoms with Gasteiger partial charge in [0.2, 0.25) is 17.7 Å². The lowest BCUT2D eigenvalue weighted by molar-refractivity contribution is -0.142. The number of benzene rings is 1. The summed E-state index contributed by atoms with van der Waals surface area (Å²) in [5, 5.41) is 17.7. The van der Waals surface area contributed by atoms with Gasteiger partial charge in [0, 0.05) is 24.7 Å². The maximum Gasteiger partial charge on any atom is 0.326 e. The lowest BCUT2D eigenvalue weighted by Gasteiger charge is -2.26. The summed E-state index contributed by atoms with van der Waals surface area (Å²) in [6, 6.07) is 4.97. The highest BCUT2D eigenvalue weighted by molar-refractivity contribution is 7.98. The predicted octanol–water partition coefficient (Wildman–Crippen LogP) is 0.860. The second kappa shape index (κ2) is 15.8. The van der Waals surface area contributed by atoms with E-state index < -0.39 is 47.9 Å². The number of carboxylic acids is 1. The van der Waals surface area contributed by atoms with E-state index in [2.05, 4.69) is 25.9 Å². The van der Waals surface area contributed by atoms with Crippen molar-refractivity contribution in [2.45, 2.75) is 63.7 Å². The number of carbonyl (C=O) groups excluding carboxylic acids is 3. The van der Waals surface area contributed by atoms with E-state index in [1.807, 2.05) is 26.2 Å². The van der Waals surface area contributed by atoms with Crippen LogP contribution in [0.4, 0.5) is 0 Å². The Balaban J connectivity index is 2.17. The number of carbonyl (C=O) groups is 4. The summed E-state index contributed by atoms with van der Waals surface area (Å²) in [6.07, 6.45) is 5.83. The molecule has 11 nitrogen and oxygen atoms in total. The number of aromatic amines is 1. The molecule has 38 heavy (non-hydrogen) atoms. The molecule has 0 fully saturated rings. The zero-order chi connectivity index (χ0) is 28.1. The largest absolute Gasteiger partial charge is 0.480 e. The van der Waals surface area contributed by atoms with E-state index in [1.54, 1.807) is 42.2 Å². The van der Waals surface area contributed by atoms with E-state index in [0.29, 0.717) is 17.9 Å². The summed E-state index contributed by atoms with van der Waals surface area (Å²) < 4.78 is 0. The molecule has 1 aromatic heterocycles. The van der Waals surface area contributed by atoms with Crippen molar-refractivity contribution in [3.05, 3.63) is 54.1 Å². The van der Waals surface area contributed by atoms with Crippen molar-refractivity contribution in [1.29, 1.82) is 0 Å². The van der Waals surface area contributed by atoms with Crippen molar-refractivity contribution in [3.63, 3.8) is 0 Å². The van der Waals surface area contributed by atoms with Crippen LogP contribution < -0.4 is 21.7 Å². The highest BCUT2D eigenvalue weighted by Crippen LogP contribution is 2.10. The molecule has 4 unspecified atom stereocenters. The number of carboxylic acid groups (broad SMARTS) is 1. The van der Waals surface area contributed by atoms with Crippen molar-refractivity contribution in [3.8, 4) is 0 Å². The first-order valence-corrected chi connectivity index (χ1v) is 13.9. The Kier molecular flexibility index (Phi) is 12.8. The normalized spacial score (nSPS) is 14.2. The van der Waals surface area contributed by atoms with Crippen LogP contribution in [0.25, 0.3) is 0 Å². The van der Waals surface area contributed by atoms with Crippen LogP contribution >= 0.6 is 11.8 Å². The number of amides is 3. The molecule has 3 amide bonds. The maximum absolute atomic E-state index is 13.3. The quantitative estimate of drug-likeness (QED) is 0.179. The standard InChI is InChI=1S/C26H38N6O5S/c1-16(2)11-20(24(34)32-22(26(36)37)12-17-7-5-4-6-8-17)31-25(35)21(13-18-14-28-15-29-18)30-23(33)19(27)9-10-38-3/h4-8,14-16,19-22H,9-13,27H2,1-3H3,(H,28,29)(H,30,33)(H,31,35)(H,32,34)(H,36,37). The van der Waals surface area contributed by atoms with E-state index in [1.165, 1.54) is 6.33 Å². The van der Waals surface area contributed by atoms with Gasteiger partial charge in [-0.05, 0) is 36.3 Å². The van der Waals surface area contributed by atoms with E-state index in [4.69, 9.17) is 5.73 Å². The Morgan fingerprint density at radius 3 is 2.18 bits per heavy atom. The highest BCUT2D eigenvalue weighted by atomic mass is 32.2. The van der Waals surface area contributed by atoms with Crippen LogP contribution in [-0.4, -0.2) is 74.9 Å². The van der Waals surface area contributed by atoms with Crippen LogP contribution in [-0.2, 0) is 32.0 Å². The molecule has 0 aliphatic heterocycles. The molecule has 0 spiro atoms. The summed E-state index contributed by atoms with van der Waals surface area (Å²) >= 11 is 1.56. The molecule has 4 atom stereocenters. The fraction of sp³-hybridized carbons (Fsp3) is 0.500. The van der Waals surface area contributed by atoms with Crippen molar-refractivity contribution >= 4 is 35.5 Å². The van der Waals surface area contributed by atoms with Crippen LogP contribution in [0, 0.1) is 5.92 Å². The van der Waals surface area contributed by atoms with Gasteiger partial charge in [-0.3, -0.25) is 14.4 Å². The number of rotatable bonds is 16. The smallest absolute Gasteiger partial charge is 0.326 e. The summed E-state index contributed by atoms with van der Waals surface area (Å²) in [5.74, 6) is -2.14. The molecule has 0 saturated heterocycles. The summed E-state index contributed by atoms with van der Waals surface area (Å²) in [4.78, 5) is 58.0. The Labute approximate surface area is 227 Å². The minimum absolute atomic E-state index is 0.0177. The molecule has 0 radical (unpaired) electrons. The van der Waals surface area contributed by atoms with Gasteiger partial charge in [-0.2, -0.15) is 11.8 Å². The number of aliphatic carboxylic acids is 1. The Morgan fingerprint density at radius 1 is 0.974 bits per heavy atom. The van der Waals surface area contributed by atoms with E-state index in [9.17, 15) is 24.3 Å². The van der Waals surface area contributed by atoms with Crippen molar-refractivity contribution in [2.75, 3.05) is 12.0 Å². The average Bonchev–Trinajstić information content (AvgIpc) is 3.39. The Hall–Kier alpha value is -3.38. The number of nitrogens with zero attached hydrogens (tertiary/aromatic N) is 1. The molecule has 2 aromatic rings. The molecule has 0 bridgehead atoms. The van der Waals surface area contributed by atoms with E-state index >= 15 is 0 Å². The third kappa shape index (κ3) is 10.5. The van der Waals surface area contributed by atoms with Gasteiger partial charge in [0.05, 0.1) is 12.4 Å². The van der Waals surface area contributed by atoms with Gasteiger partial charge in [0.15, 0.2) is 0 Å². The number of hydrogen-bond donors (Lipinski definition) is 6. The van der Waals surface area contributed by atoms with Crippen molar-refractivity contribution in [1.82, 2.24) is 25.9 Å². The Bertz CT molecular complexity index is 1030. The summed E-state index contributed by atoms with van der Waals surface area (Å²) in [7, 11) is 0. The maximum atomic E-state index is 13.3. The number of thioether (sulfide) groups is 1. The first-order chi connectivity index (χ1) is 18.1. The van der Waals surface area contributed by atoms with Crippen LogP contribution in [0.2, 0.25) is 0 Å². The van der Waals surface area contributed by atoms with Crippen LogP contribution in [0.3, 0.4) is 0 Å². The summed E-state index contributed by atoms with van der Waals surface area (Å²) in [5.41, 5.74) is 7.36. The molecule has 12 heteroatoms. The number of aromatic nitrogens is 2. The van der Waals surface area contributed by atoms with Crippen LogP contribution in [0.1, 0.15) is 37.9 Å². The number of nitrogens with one attached hydrogen (secondary N) is 4. The molecule has 0 aliphatic rings. The molecule has 7 N–H and O–H groups in total. The topological polar surface area (TPSA) is 179 Å². The molecule has 0 saturated carbocycles. The van der Waals surface area contributed by atoms with Crippen molar-refractivity contribution < 1.29 is 24.3 Å². The molecule has 208 valence electrons. The highest BCUT2D eigenvalue weighted by Gasteiger charge is 2.31. The Morgan fingerprint density at radius 2 is 1.61 bits per heavy atom. The van der Waals surface area contributed by atoms with Gasteiger partial charge in [0.25, 0.3) is 0 Å². The number of nitrogens with two attached hydrogens (primary N) is 1. The van der Waals surface area contributed by atoms with Gasteiger partial charge in [-0.15, -0.1) is 0 Å². The lowest BCUT2D eigenvalue weighted by atomic mass is 10.0. The van der Waals surface area contributed by atoms with Gasteiger partial charge in [0.1, 0.15) is 18.1 Å². The van der Waals surface area contributed by atoms with E-state index in [0.717, 1.165) is 5.56 Å². The zero-order valence-electron chi connectivity index (χ0n) is 22.0. The number of H-pyrrole nitrogens is 1.